The number of aryl methyl sites for hydroxylation is 1. The number of benzene rings is 1. The monoisotopic (exact) mass is 383 g/mol. The van der Waals surface area contributed by atoms with Gasteiger partial charge in [0.05, 0.1) is 23.3 Å². The maximum atomic E-state index is 12.7. The summed E-state index contributed by atoms with van der Waals surface area (Å²) < 4.78 is 5.42. The van der Waals surface area contributed by atoms with Crippen molar-refractivity contribution in [1.82, 2.24) is 10.3 Å². The van der Waals surface area contributed by atoms with E-state index in [1.807, 2.05) is 31.2 Å². The van der Waals surface area contributed by atoms with E-state index in [0.29, 0.717) is 16.4 Å². The number of anilines is 3. The van der Waals surface area contributed by atoms with Crippen molar-refractivity contribution in [3.05, 3.63) is 47.3 Å². The second kappa shape index (κ2) is 7.42. The van der Waals surface area contributed by atoms with Crippen molar-refractivity contribution >= 4 is 33.6 Å². The number of aromatic nitrogens is 1. The minimum Gasteiger partial charge on any atom is -0.464 e. The van der Waals surface area contributed by atoms with Gasteiger partial charge in [0.15, 0.2) is 5.01 Å². The van der Waals surface area contributed by atoms with E-state index in [1.165, 1.54) is 11.3 Å². The number of furan rings is 1. The molecule has 27 heavy (non-hydrogen) atoms. The Morgan fingerprint density at radius 2 is 2.15 bits per heavy atom. The van der Waals surface area contributed by atoms with Crippen LogP contribution in [0.25, 0.3) is 11.3 Å². The van der Waals surface area contributed by atoms with Crippen molar-refractivity contribution in [3.63, 3.8) is 0 Å². The van der Waals surface area contributed by atoms with E-state index in [1.54, 1.807) is 12.3 Å². The van der Waals surface area contributed by atoms with Crippen molar-refractivity contribution in [2.24, 2.45) is 0 Å². The highest BCUT2D eigenvalue weighted by atomic mass is 32.1. The van der Waals surface area contributed by atoms with E-state index < -0.39 is 0 Å². The molecule has 0 bridgehead atoms. The number of nitrogens with zero attached hydrogens (tertiary/aromatic N) is 2. The zero-order valence-electron chi connectivity index (χ0n) is 15.0. The summed E-state index contributed by atoms with van der Waals surface area (Å²) in [7, 11) is 0. The van der Waals surface area contributed by atoms with Gasteiger partial charge >= 0.3 is 0 Å². The maximum Gasteiger partial charge on any atom is 0.284 e. The molecule has 1 aromatic carbocycles. The molecule has 0 unspecified atom stereocenters. The Labute approximate surface area is 161 Å². The highest BCUT2D eigenvalue weighted by molar-refractivity contribution is 7.17. The van der Waals surface area contributed by atoms with E-state index in [0.717, 1.165) is 48.2 Å². The van der Waals surface area contributed by atoms with Gasteiger partial charge in [-0.1, -0.05) is 11.3 Å². The van der Waals surface area contributed by atoms with Crippen LogP contribution in [0.5, 0.6) is 0 Å². The van der Waals surface area contributed by atoms with Crippen LogP contribution in [0.4, 0.5) is 16.4 Å². The minimum absolute atomic E-state index is 0.257. The quantitative estimate of drug-likeness (QED) is 0.600. The molecule has 0 atom stereocenters. The lowest BCUT2D eigenvalue weighted by atomic mass is 10.1. The summed E-state index contributed by atoms with van der Waals surface area (Å²) in [5, 5.41) is 7.70. The molecule has 3 aromatic rings. The number of amides is 1. The third-order valence-electron chi connectivity index (χ3n) is 4.48. The summed E-state index contributed by atoms with van der Waals surface area (Å²) in [6.45, 7) is 5.66. The first-order valence-corrected chi connectivity index (χ1v) is 9.61. The van der Waals surface area contributed by atoms with Crippen molar-refractivity contribution in [2.75, 3.05) is 42.1 Å². The molecule has 0 spiro atoms. The van der Waals surface area contributed by atoms with Gasteiger partial charge < -0.3 is 25.7 Å². The zero-order chi connectivity index (χ0) is 18.8. The van der Waals surface area contributed by atoms with Gasteiger partial charge in [0.1, 0.15) is 10.8 Å². The lowest BCUT2D eigenvalue weighted by Gasteiger charge is -2.28. The number of hydrogen-bond acceptors (Lipinski definition) is 7. The lowest BCUT2D eigenvalue weighted by molar-refractivity contribution is 0.102. The number of nitrogens with two attached hydrogens (primary N) is 1. The average Bonchev–Trinajstić information content (AvgIpc) is 3.34. The van der Waals surface area contributed by atoms with Crippen LogP contribution in [-0.4, -0.2) is 37.1 Å². The molecule has 140 valence electrons. The summed E-state index contributed by atoms with van der Waals surface area (Å²) in [6, 6.07) is 9.11. The largest absolute Gasteiger partial charge is 0.464 e. The van der Waals surface area contributed by atoms with Crippen LogP contribution in [0, 0.1) is 6.92 Å². The second-order valence-electron chi connectivity index (χ2n) is 6.38. The molecular formula is C19H21N5O2S. The van der Waals surface area contributed by atoms with Crippen LogP contribution < -0.4 is 21.3 Å². The topological polar surface area (TPSA) is 96.4 Å². The van der Waals surface area contributed by atoms with Crippen LogP contribution in [-0.2, 0) is 0 Å². The highest BCUT2D eigenvalue weighted by Crippen LogP contribution is 2.31. The molecule has 1 fully saturated rings. The molecular weight excluding hydrogens is 362 g/mol. The predicted octanol–water partition coefficient (Wildman–Crippen LogP) is 2.96. The van der Waals surface area contributed by atoms with Gasteiger partial charge in [-0.05, 0) is 37.3 Å². The van der Waals surface area contributed by atoms with E-state index in [4.69, 9.17) is 10.2 Å². The molecule has 0 radical (unpaired) electrons. The van der Waals surface area contributed by atoms with Crippen LogP contribution in [0.15, 0.2) is 41.0 Å². The number of nitrogen functional groups attached to an aromatic ring is 1. The number of hydrogen-bond donors (Lipinski definition) is 3. The summed E-state index contributed by atoms with van der Waals surface area (Å²) in [5.41, 5.74) is 8.81. The second-order valence-corrected chi connectivity index (χ2v) is 7.36. The number of rotatable bonds is 4. The maximum absolute atomic E-state index is 12.7. The average molecular weight is 383 g/mol. The minimum atomic E-state index is -0.257. The molecule has 7 nitrogen and oxygen atoms in total. The first kappa shape index (κ1) is 17.6. The van der Waals surface area contributed by atoms with Crippen LogP contribution >= 0.6 is 11.3 Å². The Morgan fingerprint density at radius 3 is 2.89 bits per heavy atom. The van der Waals surface area contributed by atoms with Gasteiger partial charge in [-0.2, -0.15) is 0 Å². The smallest absolute Gasteiger partial charge is 0.284 e. The lowest BCUT2D eigenvalue weighted by Crippen LogP contribution is -2.43. The van der Waals surface area contributed by atoms with Gasteiger partial charge in [0.25, 0.3) is 5.91 Å². The third-order valence-corrected chi connectivity index (χ3v) is 5.69. The molecule has 1 aliphatic rings. The molecule has 3 heterocycles. The number of carbonyl (C=O) groups is 1. The Balaban J connectivity index is 1.55. The van der Waals surface area contributed by atoms with Crippen molar-refractivity contribution < 1.29 is 9.21 Å². The molecule has 0 saturated carbocycles. The Hall–Kier alpha value is -2.84. The summed E-state index contributed by atoms with van der Waals surface area (Å²) in [4.78, 5) is 19.5. The standard InChI is InChI=1S/C19H21N5O2S/c1-12-19(24-8-6-21-7-9-24)27-18(22-12)17(25)23-15-11-13(4-5-14(15)20)16-3-2-10-26-16/h2-5,10-11,21H,6-9,20H2,1H3,(H,23,25). The van der Waals surface area contributed by atoms with Gasteiger partial charge in [-0.15, -0.1) is 0 Å². The van der Waals surface area contributed by atoms with Gasteiger partial charge in [0, 0.05) is 31.7 Å². The van der Waals surface area contributed by atoms with Gasteiger partial charge in [-0.3, -0.25) is 4.79 Å². The van der Waals surface area contributed by atoms with Crippen LogP contribution in [0.2, 0.25) is 0 Å². The first-order valence-electron chi connectivity index (χ1n) is 8.79. The van der Waals surface area contributed by atoms with Crippen molar-refractivity contribution in [2.45, 2.75) is 6.92 Å². The highest BCUT2D eigenvalue weighted by Gasteiger charge is 2.21. The fraction of sp³-hybridized carbons (Fsp3) is 0.263. The van der Waals surface area contributed by atoms with Crippen molar-refractivity contribution in [1.29, 1.82) is 0 Å². The van der Waals surface area contributed by atoms with Crippen molar-refractivity contribution in [3.8, 4) is 11.3 Å². The molecule has 1 aliphatic heterocycles. The molecule has 4 rings (SSSR count). The molecule has 0 aliphatic carbocycles. The molecule has 4 N–H and O–H groups in total. The summed E-state index contributed by atoms with van der Waals surface area (Å²) >= 11 is 1.42. The third kappa shape index (κ3) is 3.67. The normalized spacial score (nSPS) is 14.3. The summed E-state index contributed by atoms with van der Waals surface area (Å²) in [6.07, 6.45) is 1.61. The van der Waals surface area contributed by atoms with Crippen LogP contribution in [0.3, 0.4) is 0 Å². The predicted molar refractivity (Wildman–Crippen MR) is 108 cm³/mol. The van der Waals surface area contributed by atoms with Gasteiger partial charge in [0.2, 0.25) is 0 Å². The fourth-order valence-electron chi connectivity index (χ4n) is 3.08. The number of nitrogens with one attached hydrogen (secondary N) is 2. The summed E-state index contributed by atoms with van der Waals surface area (Å²) in [5.74, 6) is 0.462. The van der Waals surface area contributed by atoms with E-state index in [-0.39, 0.29) is 5.91 Å². The molecule has 1 saturated heterocycles. The zero-order valence-corrected chi connectivity index (χ0v) is 15.8. The SMILES string of the molecule is Cc1nc(C(=O)Nc2cc(-c3ccco3)ccc2N)sc1N1CCNCC1. The number of piperazine rings is 1. The molecule has 1 amide bonds. The van der Waals surface area contributed by atoms with E-state index >= 15 is 0 Å². The Kier molecular flexibility index (Phi) is 4.83. The van der Waals surface area contributed by atoms with Crippen LogP contribution in [0.1, 0.15) is 15.5 Å². The molecule has 8 heteroatoms. The number of thiazole rings is 1. The first-order chi connectivity index (χ1) is 13.1. The number of carbonyl (C=O) groups excluding carboxylic acids is 1. The van der Waals surface area contributed by atoms with E-state index in [2.05, 4.69) is 20.5 Å². The Bertz CT molecular complexity index is 945. The van der Waals surface area contributed by atoms with E-state index in [9.17, 15) is 4.79 Å². The van der Waals surface area contributed by atoms with Gasteiger partial charge in [-0.25, -0.2) is 4.98 Å². The molecule has 2 aromatic heterocycles. The fourth-order valence-corrected chi connectivity index (χ4v) is 4.10. The Morgan fingerprint density at radius 1 is 1.33 bits per heavy atom.